The fourth-order valence-electron chi connectivity index (χ4n) is 2.27. The van der Waals surface area contributed by atoms with Crippen LogP contribution in [-0.4, -0.2) is 23.9 Å². The maximum atomic E-state index is 11.9. The molecule has 2 N–H and O–H groups in total. The molecule has 1 aliphatic rings. The Hall–Kier alpha value is -2.13. The van der Waals surface area contributed by atoms with Gasteiger partial charge in [0.1, 0.15) is 0 Å². The standard InChI is InChI=1S/C15H16N2O3S/c1-3-21-15-11(8-16)10(7-14(19)17-15)9-4-5-12(18)13(6-9)20-2/h4-6,10,18H,3,7H2,1-2H3,(H,17,19)/t10-/m1/s1. The number of carbonyl (C=O) groups is 1. The molecule has 1 heterocycles. The number of rotatable bonds is 4. The molecule has 6 heteroatoms. The number of nitrogens with zero attached hydrogens (tertiary/aromatic N) is 1. The van der Waals surface area contributed by atoms with Crippen molar-refractivity contribution in [2.24, 2.45) is 0 Å². The average molecular weight is 304 g/mol. The van der Waals surface area contributed by atoms with E-state index < -0.39 is 0 Å². The van der Waals surface area contributed by atoms with Gasteiger partial charge in [-0.25, -0.2) is 0 Å². The molecule has 1 atom stereocenters. The van der Waals surface area contributed by atoms with E-state index in [2.05, 4.69) is 11.4 Å². The van der Waals surface area contributed by atoms with Crippen LogP contribution in [0.2, 0.25) is 0 Å². The number of nitrogens with one attached hydrogen (secondary N) is 1. The van der Waals surface area contributed by atoms with Gasteiger partial charge in [-0.05, 0) is 23.4 Å². The molecule has 21 heavy (non-hydrogen) atoms. The highest BCUT2D eigenvalue weighted by molar-refractivity contribution is 8.03. The summed E-state index contributed by atoms with van der Waals surface area (Å²) in [6.45, 7) is 1.96. The number of ether oxygens (including phenoxy) is 1. The van der Waals surface area contributed by atoms with Crippen molar-refractivity contribution in [3.8, 4) is 17.6 Å². The zero-order valence-electron chi connectivity index (χ0n) is 11.8. The summed E-state index contributed by atoms with van der Waals surface area (Å²) in [6.07, 6.45) is 0.213. The lowest BCUT2D eigenvalue weighted by Gasteiger charge is -2.25. The molecule has 0 saturated heterocycles. The van der Waals surface area contributed by atoms with Gasteiger partial charge in [0.15, 0.2) is 11.5 Å². The number of phenols is 1. The second kappa shape index (κ2) is 6.55. The van der Waals surface area contributed by atoms with Gasteiger partial charge in [-0.15, -0.1) is 11.8 Å². The normalized spacial score (nSPS) is 18.1. The van der Waals surface area contributed by atoms with Crippen LogP contribution in [0.4, 0.5) is 0 Å². The maximum Gasteiger partial charge on any atom is 0.225 e. The molecule has 1 amide bonds. The molecular weight excluding hydrogens is 288 g/mol. The highest BCUT2D eigenvalue weighted by Crippen LogP contribution is 2.38. The summed E-state index contributed by atoms with van der Waals surface area (Å²) >= 11 is 1.44. The highest BCUT2D eigenvalue weighted by atomic mass is 32.2. The number of aromatic hydroxyl groups is 1. The van der Waals surface area contributed by atoms with Crippen molar-refractivity contribution in [2.45, 2.75) is 19.3 Å². The van der Waals surface area contributed by atoms with Gasteiger partial charge in [-0.3, -0.25) is 4.79 Å². The monoisotopic (exact) mass is 304 g/mol. The highest BCUT2D eigenvalue weighted by Gasteiger charge is 2.29. The summed E-state index contributed by atoms with van der Waals surface area (Å²) in [6, 6.07) is 7.10. The SMILES string of the molecule is CCSC1=C(C#N)[C@@H](c2ccc(O)c(OC)c2)CC(=O)N1. The fourth-order valence-corrected chi connectivity index (χ4v) is 3.09. The molecule has 1 aromatic rings. The Morgan fingerprint density at radius 2 is 2.33 bits per heavy atom. The number of carbonyl (C=O) groups excluding carboxylic acids is 1. The lowest BCUT2D eigenvalue weighted by Crippen LogP contribution is -2.30. The van der Waals surface area contributed by atoms with Crippen molar-refractivity contribution in [1.29, 1.82) is 5.26 Å². The van der Waals surface area contributed by atoms with E-state index in [1.807, 2.05) is 6.92 Å². The summed E-state index contributed by atoms with van der Waals surface area (Å²) in [5.74, 6) is 0.716. The van der Waals surface area contributed by atoms with Crippen LogP contribution in [0.1, 0.15) is 24.8 Å². The number of nitriles is 1. The molecule has 0 bridgehead atoms. The third-order valence-corrected chi connectivity index (χ3v) is 4.15. The van der Waals surface area contributed by atoms with Gasteiger partial charge in [-0.1, -0.05) is 13.0 Å². The van der Waals surface area contributed by atoms with Gasteiger partial charge in [0.05, 0.1) is 23.8 Å². The predicted octanol–water partition coefficient (Wildman–Crippen LogP) is 2.49. The summed E-state index contributed by atoms with van der Waals surface area (Å²) < 4.78 is 5.09. The van der Waals surface area contributed by atoms with Crippen molar-refractivity contribution in [1.82, 2.24) is 5.32 Å². The molecule has 0 fully saturated rings. The number of benzene rings is 1. The number of methoxy groups -OCH3 is 1. The second-order valence-corrected chi connectivity index (χ2v) is 5.80. The summed E-state index contributed by atoms with van der Waals surface area (Å²) in [5.41, 5.74) is 1.33. The molecule has 1 aliphatic heterocycles. The molecule has 0 aromatic heterocycles. The smallest absolute Gasteiger partial charge is 0.225 e. The van der Waals surface area contributed by atoms with Gasteiger partial charge in [0, 0.05) is 12.3 Å². The quantitative estimate of drug-likeness (QED) is 0.893. The van der Waals surface area contributed by atoms with E-state index in [1.54, 1.807) is 12.1 Å². The Labute approximate surface area is 127 Å². The molecule has 0 saturated carbocycles. The van der Waals surface area contributed by atoms with Crippen molar-refractivity contribution >= 4 is 17.7 Å². The van der Waals surface area contributed by atoms with Crippen LogP contribution in [0.25, 0.3) is 0 Å². The molecule has 110 valence electrons. The number of allylic oxidation sites excluding steroid dienone is 1. The van der Waals surface area contributed by atoms with Crippen LogP contribution in [0.15, 0.2) is 28.8 Å². The molecule has 5 nitrogen and oxygen atoms in total. The summed E-state index contributed by atoms with van der Waals surface area (Å²) in [7, 11) is 1.46. The van der Waals surface area contributed by atoms with E-state index in [9.17, 15) is 15.2 Å². The molecule has 0 unspecified atom stereocenters. The topological polar surface area (TPSA) is 82.3 Å². The minimum Gasteiger partial charge on any atom is -0.504 e. The number of hydrogen-bond acceptors (Lipinski definition) is 5. The number of amides is 1. The third kappa shape index (κ3) is 3.14. The van der Waals surface area contributed by atoms with Crippen molar-refractivity contribution in [3.05, 3.63) is 34.4 Å². The zero-order chi connectivity index (χ0) is 15.4. The molecular formula is C15H16N2O3S. The first-order chi connectivity index (χ1) is 10.1. The van der Waals surface area contributed by atoms with Crippen LogP contribution < -0.4 is 10.1 Å². The minimum absolute atomic E-state index is 0.0344. The van der Waals surface area contributed by atoms with Gasteiger partial charge < -0.3 is 15.2 Å². The summed E-state index contributed by atoms with van der Waals surface area (Å²) in [5, 5.41) is 22.5. The number of thioether (sulfide) groups is 1. The van der Waals surface area contributed by atoms with Crippen LogP contribution in [-0.2, 0) is 4.79 Å². The van der Waals surface area contributed by atoms with E-state index in [0.29, 0.717) is 16.4 Å². The van der Waals surface area contributed by atoms with Gasteiger partial charge in [-0.2, -0.15) is 5.26 Å². The average Bonchev–Trinajstić information content (AvgIpc) is 2.47. The Balaban J connectivity index is 2.48. The van der Waals surface area contributed by atoms with Gasteiger partial charge in [0.25, 0.3) is 0 Å². The first kappa shape index (κ1) is 15.3. The van der Waals surface area contributed by atoms with E-state index in [0.717, 1.165) is 11.3 Å². The molecule has 2 rings (SSSR count). The molecule has 0 aliphatic carbocycles. The minimum atomic E-state index is -0.313. The molecule has 0 radical (unpaired) electrons. The van der Waals surface area contributed by atoms with Crippen LogP contribution in [0.3, 0.4) is 0 Å². The van der Waals surface area contributed by atoms with E-state index >= 15 is 0 Å². The first-order valence-electron chi connectivity index (χ1n) is 6.54. The Kier molecular flexibility index (Phi) is 4.76. The lowest BCUT2D eigenvalue weighted by atomic mass is 9.87. The van der Waals surface area contributed by atoms with Crippen LogP contribution >= 0.6 is 11.8 Å². The Morgan fingerprint density at radius 3 is 2.95 bits per heavy atom. The number of phenolic OH excluding ortho intramolecular Hbond substituents is 1. The first-order valence-corrected chi connectivity index (χ1v) is 7.53. The second-order valence-electron chi connectivity index (χ2n) is 4.52. The zero-order valence-corrected chi connectivity index (χ0v) is 12.7. The predicted molar refractivity (Wildman–Crippen MR) is 80.9 cm³/mol. The Bertz CT molecular complexity index is 634. The maximum absolute atomic E-state index is 11.9. The van der Waals surface area contributed by atoms with Crippen LogP contribution in [0.5, 0.6) is 11.5 Å². The van der Waals surface area contributed by atoms with E-state index in [1.165, 1.54) is 24.9 Å². The van der Waals surface area contributed by atoms with Crippen molar-refractivity contribution < 1.29 is 14.6 Å². The summed E-state index contributed by atoms with van der Waals surface area (Å²) in [4.78, 5) is 11.9. The van der Waals surface area contributed by atoms with Crippen molar-refractivity contribution in [3.63, 3.8) is 0 Å². The van der Waals surface area contributed by atoms with Gasteiger partial charge >= 0.3 is 0 Å². The molecule has 1 aromatic carbocycles. The molecule has 0 spiro atoms. The van der Waals surface area contributed by atoms with Crippen LogP contribution in [0, 0.1) is 11.3 Å². The van der Waals surface area contributed by atoms with E-state index in [4.69, 9.17) is 4.74 Å². The largest absolute Gasteiger partial charge is 0.504 e. The Morgan fingerprint density at radius 1 is 1.57 bits per heavy atom. The third-order valence-electron chi connectivity index (χ3n) is 3.25. The van der Waals surface area contributed by atoms with Crippen molar-refractivity contribution in [2.75, 3.05) is 12.9 Å². The fraction of sp³-hybridized carbons (Fsp3) is 0.333. The van der Waals surface area contributed by atoms with Gasteiger partial charge in [0.2, 0.25) is 5.91 Å². The number of hydrogen-bond donors (Lipinski definition) is 2. The lowest BCUT2D eigenvalue weighted by molar-refractivity contribution is -0.120. The van der Waals surface area contributed by atoms with E-state index in [-0.39, 0.29) is 24.0 Å².